The summed E-state index contributed by atoms with van der Waals surface area (Å²) in [6.07, 6.45) is 48.7. The zero-order valence-electron chi connectivity index (χ0n) is 29.5. The van der Waals surface area contributed by atoms with Crippen LogP contribution < -0.4 is 0 Å². The van der Waals surface area contributed by atoms with E-state index in [1.807, 2.05) is 0 Å². The largest absolute Gasteiger partial charge is 0.323 e. The van der Waals surface area contributed by atoms with Crippen molar-refractivity contribution in [2.45, 2.75) is 219 Å². The fraction of sp³-hybridized carbons (Fsp3) is 0.950. The second-order valence-corrected chi connectivity index (χ2v) is 14.1. The van der Waals surface area contributed by atoms with Gasteiger partial charge in [-0.2, -0.15) is 0 Å². The van der Waals surface area contributed by atoms with Crippen molar-refractivity contribution in [1.29, 1.82) is 0 Å². The van der Waals surface area contributed by atoms with Gasteiger partial charge >= 0.3 is 0 Å². The number of hydrogen-bond donors (Lipinski definition) is 0. The van der Waals surface area contributed by atoms with Crippen LogP contribution in [0.2, 0.25) is 0 Å². The van der Waals surface area contributed by atoms with Crippen LogP contribution in [0.1, 0.15) is 219 Å². The minimum atomic E-state index is 1.15. The molecule has 0 aromatic rings. The summed E-state index contributed by atoms with van der Waals surface area (Å²) in [5.74, 6) is 0. The van der Waals surface area contributed by atoms with Gasteiger partial charge < -0.3 is 4.48 Å². The van der Waals surface area contributed by atoms with Crippen LogP contribution in [0.3, 0.4) is 0 Å². The van der Waals surface area contributed by atoms with E-state index in [0.29, 0.717) is 0 Å². The molecule has 0 spiro atoms. The molecule has 41 heavy (non-hydrogen) atoms. The molecule has 0 atom stereocenters. The third kappa shape index (κ3) is 32.4. The highest BCUT2D eigenvalue weighted by atomic mass is 15.3. The molecule has 0 heterocycles. The Hall–Kier alpha value is -0.300. The Kier molecular flexibility index (Phi) is 33.9. The Morgan fingerprint density at radius 1 is 0.341 bits per heavy atom. The first-order valence-corrected chi connectivity index (χ1v) is 19.6. The van der Waals surface area contributed by atoms with E-state index in [-0.39, 0.29) is 0 Å². The summed E-state index contributed by atoms with van der Waals surface area (Å²) in [6.45, 7) is 12.5. The maximum atomic E-state index is 4.08. The minimum Gasteiger partial charge on any atom is -0.323 e. The lowest BCUT2D eigenvalue weighted by Crippen LogP contribution is -2.45. The van der Waals surface area contributed by atoms with Gasteiger partial charge in [0.25, 0.3) is 0 Å². The number of quaternary nitrogens is 1. The summed E-state index contributed by atoms with van der Waals surface area (Å²) in [7, 11) is 2.48. The molecule has 1 heteroatoms. The van der Waals surface area contributed by atoms with Gasteiger partial charge in [-0.15, -0.1) is 0 Å². The summed E-state index contributed by atoms with van der Waals surface area (Å²) in [5, 5.41) is 0. The Morgan fingerprint density at radius 2 is 0.537 bits per heavy atom. The molecule has 246 valence electrons. The SMILES string of the molecule is C=CC[N+](C)(CCCCCCCCCCCCCCCCCC)CCCCCCCCCCCCCCCCCC. The molecule has 0 unspecified atom stereocenters. The van der Waals surface area contributed by atoms with Crippen LogP contribution in [0.5, 0.6) is 0 Å². The molecule has 1 nitrogen and oxygen atoms in total. The van der Waals surface area contributed by atoms with E-state index in [2.05, 4.69) is 33.6 Å². The van der Waals surface area contributed by atoms with Crippen molar-refractivity contribution in [3.05, 3.63) is 12.7 Å². The number of likely N-dealkylation sites (N-methyl/N-ethyl adjacent to an activating group) is 1. The van der Waals surface area contributed by atoms with E-state index in [1.54, 1.807) is 0 Å². The monoisotopic (exact) mass is 577 g/mol. The molecule has 0 saturated heterocycles. The molecule has 0 radical (unpaired) electrons. The maximum absolute atomic E-state index is 4.08. The second-order valence-electron chi connectivity index (χ2n) is 14.1. The van der Waals surface area contributed by atoms with Crippen LogP contribution >= 0.6 is 0 Å². The van der Waals surface area contributed by atoms with Gasteiger partial charge in [-0.25, -0.2) is 0 Å². The molecule has 0 amide bonds. The Bertz CT molecular complexity index is 447. The van der Waals surface area contributed by atoms with Crippen molar-refractivity contribution in [3.8, 4) is 0 Å². The van der Waals surface area contributed by atoms with Crippen LogP contribution in [0.4, 0.5) is 0 Å². The summed E-state index contributed by atoms with van der Waals surface area (Å²) in [4.78, 5) is 0. The Balaban J connectivity index is 3.49. The quantitative estimate of drug-likeness (QED) is 0.0395. The van der Waals surface area contributed by atoms with E-state index >= 15 is 0 Å². The summed E-state index contributed by atoms with van der Waals surface area (Å²) < 4.78 is 1.22. The van der Waals surface area contributed by atoms with Crippen LogP contribution in [0, 0.1) is 0 Å². The first-order chi connectivity index (χ1) is 20.2. The molecule has 0 saturated carbocycles. The van der Waals surface area contributed by atoms with Crippen LogP contribution in [0.15, 0.2) is 12.7 Å². The van der Waals surface area contributed by atoms with E-state index in [1.165, 1.54) is 223 Å². The molecule has 0 aliphatic rings. The topological polar surface area (TPSA) is 0 Å². The van der Waals surface area contributed by atoms with Crippen LogP contribution in [-0.4, -0.2) is 31.2 Å². The number of hydrogen-bond acceptors (Lipinski definition) is 0. The van der Waals surface area contributed by atoms with Gasteiger partial charge in [0.05, 0.1) is 26.7 Å². The molecular formula is C40H82N+. The number of unbranched alkanes of at least 4 members (excludes halogenated alkanes) is 30. The number of nitrogens with zero attached hydrogens (tertiary/aromatic N) is 1. The Labute approximate surface area is 262 Å². The lowest BCUT2D eigenvalue weighted by atomic mass is 10.0. The average molecular weight is 577 g/mol. The van der Waals surface area contributed by atoms with Crippen LogP contribution in [-0.2, 0) is 0 Å². The van der Waals surface area contributed by atoms with Gasteiger partial charge in [0.15, 0.2) is 0 Å². The first-order valence-electron chi connectivity index (χ1n) is 19.6. The molecule has 0 bridgehead atoms. The normalized spacial score (nSPS) is 11.9. The second kappa shape index (κ2) is 34.2. The zero-order chi connectivity index (χ0) is 30.0. The molecule has 0 aromatic heterocycles. The maximum Gasteiger partial charge on any atom is 0.0969 e. The minimum absolute atomic E-state index is 1.15. The predicted octanol–water partition coefficient (Wildman–Crippen LogP) is 14.1. The lowest BCUT2D eigenvalue weighted by Gasteiger charge is -2.34. The summed E-state index contributed by atoms with van der Waals surface area (Å²) >= 11 is 0. The van der Waals surface area contributed by atoms with Crippen molar-refractivity contribution in [2.75, 3.05) is 26.7 Å². The Morgan fingerprint density at radius 3 is 0.732 bits per heavy atom. The van der Waals surface area contributed by atoms with Gasteiger partial charge in [0.2, 0.25) is 0 Å². The van der Waals surface area contributed by atoms with Gasteiger partial charge in [0, 0.05) is 0 Å². The van der Waals surface area contributed by atoms with Gasteiger partial charge in [-0.3, -0.25) is 0 Å². The highest BCUT2D eigenvalue weighted by molar-refractivity contribution is 4.66. The fourth-order valence-corrected chi connectivity index (χ4v) is 6.69. The molecule has 0 N–H and O–H groups in total. The van der Waals surface area contributed by atoms with Crippen molar-refractivity contribution in [2.24, 2.45) is 0 Å². The molecule has 0 aliphatic heterocycles. The van der Waals surface area contributed by atoms with Crippen molar-refractivity contribution < 1.29 is 4.48 Å². The summed E-state index contributed by atoms with van der Waals surface area (Å²) in [6, 6.07) is 0. The van der Waals surface area contributed by atoms with E-state index in [9.17, 15) is 0 Å². The highest BCUT2D eigenvalue weighted by Crippen LogP contribution is 2.17. The molecular weight excluding hydrogens is 494 g/mol. The van der Waals surface area contributed by atoms with Crippen molar-refractivity contribution in [1.82, 2.24) is 0 Å². The molecule has 0 aromatic carbocycles. The highest BCUT2D eigenvalue weighted by Gasteiger charge is 2.18. The van der Waals surface area contributed by atoms with Gasteiger partial charge in [-0.05, 0) is 31.8 Å². The first kappa shape index (κ1) is 40.7. The third-order valence-electron chi connectivity index (χ3n) is 9.67. The molecule has 0 aliphatic carbocycles. The fourth-order valence-electron chi connectivity index (χ4n) is 6.69. The zero-order valence-corrected chi connectivity index (χ0v) is 29.5. The van der Waals surface area contributed by atoms with E-state index in [4.69, 9.17) is 0 Å². The standard InChI is InChI=1S/C40H82N/c1-5-8-10-12-14-16-18-20-22-24-26-28-30-32-34-36-39-41(4,38-7-3)40-37-35-33-31-29-27-25-23-21-19-17-15-13-11-9-6-2/h7H,3,5-6,8-40H2,1-2,4H3/q+1. The predicted molar refractivity (Wildman–Crippen MR) is 190 cm³/mol. The van der Waals surface area contributed by atoms with Crippen molar-refractivity contribution in [3.63, 3.8) is 0 Å². The van der Waals surface area contributed by atoms with Crippen molar-refractivity contribution >= 4 is 0 Å². The van der Waals surface area contributed by atoms with Gasteiger partial charge in [0.1, 0.15) is 0 Å². The van der Waals surface area contributed by atoms with Crippen LogP contribution in [0.25, 0.3) is 0 Å². The average Bonchev–Trinajstić information content (AvgIpc) is 2.97. The van der Waals surface area contributed by atoms with Gasteiger partial charge in [-0.1, -0.05) is 200 Å². The van der Waals surface area contributed by atoms with E-state index < -0.39 is 0 Å². The summed E-state index contributed by atoms with van der Waals surface area (Å²) in [5.41, 5.74) is 0. The third-order valence-corrected chi connectivity index (χ3v) is 9.67. The smallest absolute Gasteiger partial charge is 0.0969 e. The molecule has 0 rings (SSSR count). The molecule has 0 fully saturated rings. The van der Waals surface area contributed by atoms with E-state index in [0.717, 1.165) is 6.54 Å². The lowest BCUT2D eigenvalue weighted by molar-refractivity contribution is -0.904. The number of rotatable bonds is 36.